The maximum absolute atomic E-state index is 6.34. The third-order valence-electron chi connectivity index (χ3n) is 5.06. The summed E-state index contributed by atoms with van der Waals surface area (Å²) >= 11 is 3.89. The van der Waals surface area contributed by atoms with Gasteiger partial charge in [-0.15, -0.1) is 0 Å². The van der Waals surface area contributed by atoms with Gasteiger partial charge in [0.05, 0.1) is 7.11 Å². The minimum Gasteiger partial charge on any atom is -0.493 e. The number of para-hydroxylation sites is 2. The van der Waals surface area contributed by atoms with Crippen molar-refractivity contribution in [3.05, 3.63) is 24.3 Å². The van der Waals surface area contributed by atoms with Gasteiger partial charge in [0.2, 0.25) is 0 Å². The minimum atomic E-state index is 0.335. The number of hydrogen-bond donors (Lipinski definition) is 0. The van der Waals surface area contributed by atoms with Crippen LogP contribution in [0.3, 0.4) is 0 Å². The Bertz CT molecular complexity index is 452. The molecule has 0 heterocycles. The van der Waals surface area contributed by atoms with Gasteiger partial charge in [-0.25, -0.2) is 0 Å². The molecule has 0 radical (unpaired) electrons. The molecule has 0 bridgehead atoms. The van der Waals surface area contributed by atoms with Crippen molar-refractivity contribution in [3.63, 3.8) is 0 Å². The summed E-state index contributed by atoms with van der Waals surface area (Å²) in [5, 5.41) is 0. The highest BCUT2D eigenvalue weighted by atomic mass is 79.9. The lowest BCUT2D eigenvalue weighted by molar-refractivity contribution is -0.0472. The smallest absolute Gasteiger partial charge is 0.161 e. The minimum absolute atomic E-state index is 0.335. The number of methoxy groups -OCH3 is 1. The van der Waals surface area contributed by atoms with Crippen LogP contribution in [0.1, 0.15) is 44.9 Å². The van der Waals surface area contributed by atoms with E-state index in [4.69, 9.17) is 9.47 Å². The van der Waals surface area contributed by atoms with Gasteiger partial charge >= 0.3 is 0 Å². The number of alkyl halides is 1. The molecule has 0 amide bonds. The summed E-state index contributed by atoms with van der Waals surface area (Å²) in [5.74, 6) is 1.73. The number of hydrogen-bond acceptors (Lipinski definition) is 2. The van der Waals surface area contributed by atoms with E-state index in [0.717, 1.165) is 17.9 Å². The monoisotopic (exact) mass is 338 g/mol. The van der Waals surface area contributed by atoms with Gasteiger partial charge in [-0.2, -0.15) is 0 Å². The zero-order valence-electron chi connectivity index (χ0n) is 12.1. The summed E-state index contributed by atoms with van der Waals surface area (Å²) < 4.78 is 11.7. The molecule has 3 rings (SSSR count). The largest absolute Gasteiger partial charge is 0.493 e. The molecule has 3 heteroatoms. The summed E-state index contributed by atoms with van der Waals surface area (Å²) in [4.78, 5) is 0.618. The lowest BCUT2D eigenvalue weighted by Gasteiger charge is -2.53. The van der Waals surface area contributed by atoms with E-state index in [0.29, 0.717) is 16.3 Å². The summed E-state index contributed by atoms with van der Waals surface area (Å²) in [6.45, 7) is 0. The maximum atomic E-state index is 6.34. The number of halogens is 1. The Morgan fingerprint density at radius 3 is 2.30 bits per heavy atom. The summed E-state index contributed by atoms with van der Waals surface area (Å²) in [5.41, 5.74) is 0.345. The van der Waals surface area contributed by atoms with E-state index in [1.54, 1.807) is 7.11 Å². The van der Waals surface area contributed by atoms with Gasteiger partial charge in [-0.1, -0.05) is 53.7 Å². The van der Waals surface area contributed by atoms with Crippen molar-refractivity contribution in [2.45, 2.75) is 55.9 Å². The van der Waals surface area contributed by atoms with Crippen molar-refractivity contribution in [1.29, 1.82) is 0 Å². The molecule has 1 spiro atoms. The fraction of sp³-hybridized carbons (Fsp3) is 0.647. The molecule has 0 saturated heterocycles. The number of rotatable bonds is 3. The van der Waals surface area contributed by atoms with Crippen molar-refractivity contribution in [1.82, 2.24) is 0 Å². The predicted molar refractivity (Wildman–Crippen MR) is 84.9 cm³/mol. The number of ether oxygens (including phenoxy) is 2. The van der Waals surface area contributed by atoms with E-state index >= 15 is 0 Å². The van der Waals surface area contributed by atoms with Crippen LogP contribution in [0.2, 0.25) is 0 Å². The standard InChI is InChI=1S/C17H23BrO2/c1-19-13-8-4-5-9-14(13)20-16-12-15(18)17(16)10-6-2-3-7-11-17/h4-5,8-9,15-16H,2-3,6-7,10-12H2,1H3. The van der Waals surface area contributed by atoms with Crippen molar-refractivity contribution >= 4 is 15.9 Å². The average molecular weight is 339 g/mol. The van der Waals surface area contributed by atoms with Gasteiger partial charge in [0.1, 0.15) is 6.10 Å². The molecular formula is C17H23BrO2. The van der Waals surface area contributed by atoms with Crippen molar-refractivity contribution in [3.8, 4) is 11.5 Å². The topological polar surface area (TPSA) is 18.5 Å². The van der Waals surface area contributed by atoms with Crippen LogP contribution < -0.4 is 9.47 Å². The van der Waals surface area contributed by atoms with Gasteiger partial charge in [0, 0.05) is 10.2 Å². The second kappa shape index (κ2) is 5.97. The molecule has 110 valence electrons. The molecule has 0 aromatic heterocycles. The second-order valence-electron chi connectivity index (χ2n) is 6.11. The first-order chi connectivity index (χ1) is 9.76. The van der Waals surface area contributed by atoms with Gasteiger partial charge in [0.25, 0.3) is 0 Å². The molecule has 2 fully saturated rings. The van der Waals surface area contributed by atoms with Crippen LogP contribution >= 0.6 is 15.9 Å². The van der Waals surface area contributed by atoms with Gasteiger partial charge in [-0.3, -0.25) is 0 Å². The summed E-state index contributed by atoms with van der Waals surface area (Å²) in [7, 11) is 1.71. The highest BCUT2D eigenvalue weighted by Crippen LogP contribution is 2.56. The Balaban J connectivity index is 1.77. The van der Waals surface area contributed by atoms with Gasteiger partial charge in [0.15, 0.2) is 11.5 Å². The quantitative estimate of drug-likeness (QED) is 0.726. The van der Waals surface area contributed by atoms with E-state index in [2.05, 4.69) is 15.9 Å². The van der Waals surface area contributed by atoms with Crippen LogP contribution in [0.5, 0.6) is 11.5 Å². The molecule has 2 nitrogen and oxygen atoms in total. The molecule has 2 saturated carbocycles. The Labute approximate surface area is 130 Å². The number of benzene rings is 1. The van der Waals surface area contributed by atoms with Crippen LogP contribution in [-0.2, 0) is 0 Å². The van der Waals surface area contributed by atoms with Crippen LogP contribution in [-0.4, -0.2) is 18.0 Å². The van der Waals surface area contributed by atoms with E-state index in [1.807, 2.05) is 24.3 Å². The van der Waals surface area contributed by atoms with E-state index < -0.39 is 0 Å². The third kappa shape index (κ3) is 2.45. The highest BCUT2D eigenvalue weighted by Gasteiger charge is 2.55. The Morgan fingerprint density at radius 1 is 1.05 bits per heavy atom. The van der Waals surface area contributed by atoms with E-state index in [9.17, 15) is 0 Å². The normalized spacial score (nSPS) is 28.5. The first-order valence-electron chi connectivity index (χ1n) is 7.70. The first kappa shape index (κ1) is 14.2. The molecule has 2 aliphatic rings. The lowest BCUT2D eigenvalue weighted by atomic mass is 9.61. The second-order valence-corrected chi connectivity index (χ2v) is 7.21. The zero-order chi connectivity index (χ0) is 14.0. The van der Waals surface area contributed by atoms with Crippen LogP contribution in [0.4, 0.5) is 0 Å². The fourth-order valence-corrected chi connectivity index (χ4v) is 4.85. The molecule has 2 aliphatic carbocycles. The van der Waals surface area contributed by atoms with Gasteiger partial charge < -0.3 is 9.47 Å². The van der Waals surface area contributed by atoms with Crippen LogP contribution in [0.25, 0.3) is 0 Å². The fourth-order valence-electron chi connectivity index (χ4n) is 3.76. The van der Waals surface area contributed by atoms with Crippen molar-refractivity contribution < 1.29 is 9.47 Å². The lowest BCUT2D eigenvalue weighted by Crippen LogP contribution is -2.56. The highest BCUT2D eigenvalue weighted by molar-refractivity contribution is 9.09. The Hall–Kier alpha value is -0.700. The Morgan fingerprint density at radius 2 is 1.70 bits per heavy atom. The molecule has 0 N–H and O–H groups in total. The third-order valence-corrected chi connectivity index (χ3v) is 6.34. The molecule has 2 atom stereocenters. The SMILES string of the molecule is COc1ccccc1OC1CC(Br)C12CCCCCC2. The van der Waals surface area contributed by atoms with Crippen molar-refractivity contribution in [2.24, 2.45) is 5.41 Å². The molecule has 1 aromatic carbocycles. The van der Waals surface area contributed by atoms with Crippen LogP contribution in [0, 0.1) is 5.41 Å². The summed E-state index contributed by atoms with van der Waals surface area (Å²) in [6.07, 6.45) is 9.47. The van der Waals surface area contributed by atoms with Crippen molar-refractivity contribution in [2.75, 3.05) is 7.11 Å². The van der Waals surface area contributed by atoms with E-state index in [1.165, 1.54) is 38.5 Å². The van der Waals surface area contributed by atoms with Crippen LogP contribution in [0.15, 0.2) is 24.3 Å². The Kier molecular flexibility index (Phi) is 4.25. The molecule has 20 heavy (non-hydrogen) atoms. The predicted octanol–water partition coefficient (Wildman–Crippen LogP) is 4.95. The average Bonchev–Trinajstić information content (AvgIpc) is 2.75. The van der Waals surface area contributed by atoms with Gasteiger partial charge in [-0.05, 0) is 31.4 Å². The first-order valence-corrected chi connectivity index (χ1v) is 8.61. The van der Waals surface area contributed by atoms with E-state index in [-0.39, 0.29) is 0 Å². The molecular weight excluding hydrogens is 316 g/mol. The molecule has 2 unspecified atom stereocenters. The zero-order valence-corrected chi connectivity index (χ0v) is 13.7. The summed E-state index contributed by atoms with van der Waals surface area (Å²) in [6, 6.07) is 7.99. The molecule has 1 aromatic rings. The maximum Gasteiger partial charge on any atom is 0.161 e. The molecule has 0 aliphatic heterocycles.